The number of phenols is 2. The fourth-order valence-corrected chi connectivity index (χ4v) is 23.7. The molecule has 2 heterocycles. The molecule has 11 saturated carbocycles. The molecule has 634 valence electrons. The standard InChI is InChI=1S/C23H34O2.C20H32O2.C17H26O3.C14H14.2C10H14O.C9H16O3/c1-4-16(2)20-5-7-21(8-6-20)25-22(24-3)15-23-12-17-9-18(13-23)11-19(10-17)14-23;1-5-19(3,4)18(21)22-20(6-2)11-14-10-15(20)17-13-8-7-12(9-13)16(14)17;1-4-17(2,3)16(18)19-8-10-5-9-6-11(10)14-12(9)7-13-15(14)20-13;1-9-10(2)13-8-4-6-11-5-3-7-12(9)14(11)13;2*1-3-8(2)9-4-6-10(11)7-5-9;1-4-9(2,3)8(10)12-6-7-5-11-7/h5-8,16-19,22H,4,9-15H2,1-3H3;12-17H,5-11H2,1-4H3;9-15H,4-8H2,1-3H3;3-10H,1-2H3;2*4-8,11H,3H2,1-2H3;7H,4-6H2,1-3H3. The molecular formula is C103H150O12. The van der Waals surface area contributed by atoms with Gasteiger partial charge in [-0.2, -0.15) is 0 Å². The van der Waals surface area contributed by atoms with Gasteiger partial charge in [0.1, 0.15) is 35.6 Å². The summed E-state index contributed by atoms with van der Waals surface area (Å²) in [7, 11) is 1.80. The average molecular weight is 1580 g/mol. The van der Waals surface area contributed by atoms with E-state index in [1.54, 1.807) is 31.4 Å². The number of hydrogen-bond acceptors (Lipinski definition) is 12. The maximum atomic E-state index is 12.7. The molecular weight excluding hydrogens is 1430 g/mol. The van der Waals surface area contributed by atoms with Gasteiger partial charge in [0, 0.05) is 19.4 Å². The number of ether oxygens (including phenoxy) is 7. The summed E-state index contributed by atoms with van der Waals surface area (Å²) < 4.78 is 39.7. The van der Waals surface area contributed by atoms with Gasteiger partial charge in [-0.1, -0.05) is 156 Å². The summed E-state index contributed by atoms with van der Waals surface area (Å²) in [4.78, 5) is 36.2. The normalized spacial score (nSPS) is 33.2. The first-order valence-corrected chi connectivity index (χ1v) is 46.1. The molecule has 0 radical (unpaired) electrons. The van der Waals surface area contributed by atoms with Crippen molar-refractivity contribution in [3.63, 3.8) is 0 Å². The number of methoxy groups -OCH3 is 1. The van der Waals surface area contributed by atoms with Crippen LogP contribution in [0.4, 0.5) is 0 Å². The Morgan fingerprint density at radius 3 is 1.47 bits per heavy atom. The lowest BCUT2D eigenvalue weighted by atomic mass is 9.49. The van der Waals surface area contributed by atoms with Gasteiger partial charge in [0.05, 0.1) is 41.7 Å². The van der Waals surface area contributed by atoms with Crippen LogP contribution in [0.1, 0.15) is 323 Å². The summed E-state index contributed by atoms with van der Waals surface area (Å²) in [6, 6.07) is 36.8. The van der Waals surface area contributed by atoms with E-state index in [4.69, 9.17) is 43.4 Å². The van der Waals surface area contributed by atoms with Gasteiger partial charge >= 0.3 is 17.9 Å². The third-order valence-corrected chi connectivity index (χ3v) is 32.4. The molecule has 12 nitrogen and oxygen atoms in total. The van der Waals surface area contributed by atoms with Gasteiger partial charge < -0.3 is 43.4 Å². The first-order valence-electron chi connectivity index (χ1n) is 46.1. The summed E-state index contributed by atoms with van der Waals surface area (Å²) in [5.74, 6) is 17.0. The molecule has 12 aliphatic carbocycles. The minimum atomic E-state index is -0.352. The second kappa shape index (κ2) is 37.4. The minimum absolute atomic E-state index is 0.0220. The molecule has 0 aromatic heterocycles. The fraction of sp³-hybridized carbons (Fsp3) is 0.699. The van der Waals surface area contributed by atoms with Gasteiger partial charge in [-0.05, 0) is 363 Å². The Balaban J connectivity index is 0.000000127. The third-order valence-electron chi connectivity index (χ3n) is 32.4. The van der Waals surface area contributed by atoms with Crippen molar-refractivity contribution in [1.82, 2.24) is 0 Å². The van der Waals surface area contributed by atoms with Gasteiger partial charge in [0.25, 0.3) is 0 Å². The van der Waals surface area contributed by atoms with Crippen molar-refractivity contribution in [3.8, 4) is 17.2 Å². The fourth-order valence-electron chi connectivity index (χ4n) is 23.7. The highest BCUT2D eigenvalue weighted by Gasteiger charge is 2.69. The Morgan fingerprint density at radius 2 is 1.00 bits per heavy atom. The summed E-state index contributed by atoms with van der Waals surface area (Å²) >= 11 is 0. The van der Waals surface area contributed by atoms with Crippen LogP contribution in [0, 0.1) is 105 Å². The topological polar surface area (TPSA) is 163 Å². The van der Waals surface area contributed by atoms with Gasteiger partial charge in [0.15, 0.2) is 6.29 Å². The van der Waals surface area contributed by atoms with E-state index in [0.29, 0.717) is 83.8 Å². The molecule has 2 saturated heterocycles. The zero-order valence-electron chi connectivity index (χ0n) is 74.3. The van der Waals surface area contributed by atoms with Crippen LogP contribution in [0.15, 0.2) is 109 Å². The molecule has 2 aliphatic heterocycles. The van der Waals surface area contributed by atoms with Crippen LogP contribution in [0.2, 0.25) is 0 Å². The van der Waals surface area contributed by atoms with E-state index >= 15 is 0 Å². The number of aromatic hydroxyl groups is 2. The quantitative estimate of drug-likeness (QED) is 0.0210. The first-order chi connectivity index (χ1) is 54.8. The Labute approximate surface area is 693 Å². The highest BCUT2D eigenvalue weighted by molar-refractivity contribution is 5.92. The largest absolute Gasteiger partial charge is 0.508 e. The minimum Gasteiger partial charge on any atom is -0.508 e. The predicted octanol–water partition coefficient (Wildman–Crippen LogP) is 25.2. The van der Waals surface area contributed by atoms with Gasteiger partial charge in [-0.3, -0.25) is 14.4 Å². The van der Waals surface area contributed by atoms with Crippen molar-refractivity contribution in [2.75, 3.05) is 26.9 Å². The van der Waals surface area contributed by atoms with Crippen molar-refractivity contribution < 1.29 is 57.8 Å². The van der Waals surface area contributed by atoms with Crippen molar-refractivity contribution in [2.45, 2.75) is 326 Å². The van der Waals surface area contributed by atoms with Crippen LogP contribution in [0.5, 0.6) is 17.2 Å². The summed E-state index contributed by atoms with van der Waals surface area (Å²) in [6.45, 7) is 39.9. The molecule has 10 bridgehead atoms. The lowest BCUT2D eigenvalue weighted by molar-refractivity contribution is -0.183. The lowest BCUT2D eigenvalue weighted by Crippen LogP contribution is -2.49. The Bertz CT molecular complexity index is 3850. The Hall–Kier alpha value is -5.95. The summed E-state index contributed by atoms with van der Waals surface area (Å²) in [6.07, 6.45) is 28.9. The van der Waals surface area contributed by atoms with Gasteiger partial charge in [0.2, 0.25) is 0 Å². The third kappa shape index (κ3) is 20.1. The molecule has 0 amide bonds. The zero-order valence-corrected chi connectivity index (χ0v) is 74.3. The van der Waals surface area contributed by atoms with Gasteiger partial charge in [-0.15, -0.1) is 0 Å². The molecule has 13 fully saturated rings. The Morgan fingerprint density at radius 1 is 0.522 bits per heavy atom. The molecule has 2 N–H and O–H groups in total. The summed E-state index contributed by atoms with van der Waals surface area (Å²) in [5, 5.41) is 20.9. The van der Waals surface area contributed by atoms with Crippen LogP contribution in [0.25, 0.3) is 10.8 Å². The van der Waals surface area contributed by atoms with E-state index in [-0.39, 0.29) is 52.1 Å². The van der Waals surface area contributed by atoms with E-state index < -0.39 is 0 Å². The molecule has 21 unspecified atom stereocenters. The number of hydrogen-bond donors (Lipinski definition) is 2. The SMILES string of the molecule is CC1c2cccc3cccc(c23)C1C.CCC(C)(C)C(=O)OC1(CC)CC2CC1C1C3CCC(C3)C21.CCC(C)(C)C(=O)OCC1CC2CC1C1C2CC2OC21.CCC(C)(C)C(=O)OCC1CO1.CCC(C)c1ccc(O)cc1.CCC(C)c1ccc(O)cc1.CCC(C)c1ccc(OC(CC23CC4CC(CC(C4)C2)C3)OC)cc1. The first kappa shape index (κ1) is 88.3. The van der Waals surface area contributed by atoms with E-state index in [0.717, 1.165) is 135 Å². The Kier molecular flexibility index (Phi) is 28.7. The van der Waals surface area contributed by atoms with Crippen molar-refractivity contribution in [1.29, 1.82) is 0 Å². The average Bonchev–Trinajstić information content (AvgIpc) is 1.58. The lowest BCUT2D eigenvalue weighted by Gasteiger charge is -2.57. The second-order valence-electron chi connectivity index (χ2n) is 40.7. The van der Waals surface area contributed by atoms with Crippen molar-refractivity contribution in [3.05, 3.63) is 137 Å². The second-order valence-corrected chi connectivity index (χ2v) is 40.7. The van der Waals surface area contributed by atoms with E-state index in [9.17, 15) is 14.4 Å². The predicted molar refractivity (Wildman–Crippen MR) is 463 cm³/mol. The monoisotopic (exact) mass is 1580 g/mol. The number of epoxide rings is 2. The molecule has 5 aromatic carbocycles. The number of esters is 3. The number of benzene rings is 5. The molecule has 14 aliphatic rings. The van der Waals surface area contributed by atoms with Crippen LogP contribution in [-0.4, -0.2) is 85.3 Å². The molecule has 115 heavy (non-hydrogen) atoms. The van der Waals surface area contributed by atoms with Crippen molar-refractivity contribution in [2.24, 2.45) is 105 Å². The van der Waals surface area contributed by atoms with E-state index in [1.807, 2.05) is 79.7 Å². The number of fused-ring (bicyclic) bond motifs is 16. The van der Waals surface area contributed by atoms with Crippen LogP contribution in [0.3, 0.4) is 0 Å². The molecule has 12 heteroatoms. The van der Waals surface area contributed by atoms with Crippen molar-refractivity contribution >= 4 is 28.7 Å². The highest BCUT2D eigenvalue weighted by Crippen LogP contribution is 2.72. The maximum Gasteiger partial charge on any atom is 0.312 e. The number of carbonyl (C=O) groups excluding carboxylic acids is 3. The highest BCUT2D eigenvalue weighted by atomic mass is 16.7. The van der Waals surface area contributed by atoms with E-state index in [2.05, 4.69) is 130 Å². The molecule has 21 atom stereocenters. The maximum absolute atomic E-state index is 12.7. The van der Waals surface area contributed by atoms with Gasteiger partial charge in [-0.25, -0.2) is 0 Å². The zero-order chi connectivity index (χ0) is 82.6. The molecule has 0 spiro atoms. The van der Waals surface area contributed by atoms with E-state index in [1.165, 1.54) is 128 Å². The van der Waals surface area contributed by atoms with Crippen LogP contribution in [-0.2, 0) is 42.8 Å². The summed E-state index contributed by atoms with van der Waals surface area (Å²) in [5.41, 5.74) is 6.40. The van der Waals surface area contributed by atoms with Crippen LogP contribution >= 0.6 is 0 Å². The number of phenolic OH excluding ortho intramolecular Hbond substituents is 2. The van der Waals surface area contributed by atoms with Crippen LogP contribution < -0.4 is 4.74 Å². The number of rotatable bonds is 23. The number of carbonyl (C=O) groups is 3. The molecule has 19 rings (SSSR count). The molecule has 5 aromatic rings. The smallest absolute Gasteiger partial charge is 0.312 e.